The van der Waals surface area contributed by atoms with Gasteiger partial charge in [-0.3, -0.25) is 0 Å². The number of nitrogens with zero attached hydrogens (tertiary/aromatic N) is 2. The molecule has 0 aliphatic rings. The summed E-state index contributed by atoms with van der Waals surface area (Å²) >= 11 is 0. The lowest BCUT2D eigenvalue weighted by Crippen LogP contribution is -2.01. The van der Waals surface area contributed by atoms with Crippen LogP contribution in [0.5, 0.6) is 0 Å². The number of ether oxygens (including phenoxy) is 1. The van der Waals surface area contributed by atoms with Crippen molar-refractivity contribution in [2.45, 2.75) is 26.3 Å². The summed E-state index contributed by atoms with van der Waals surface area (Å²) in [7, 11) is 1.75. The van der Waals surface area contributed by atoms with Crippen molar-refractivity contribution in [3.8, 4) is 11.1 Å². The van der Waals surface area contributed by atoms with Crippen molar-refractivity contribution in [3.05, 3.63) is 54.4 Å². The predicted octanol–water partition coefficient (Wildman–Crippen LogP) is 4.30. The molecule has 0 aliphatic carbocycles. The number of methoxy groups -OCH3 is 1. The second kappa shape index (κ2) is 6.75. The van der Waals surface area contributed by atoms with Crippen molar-refractivity contribution in [1.82, 2.24) is 9.55 Å². The molecule has 0 bridgehead atoms. The van der Waals surface area contributed by atoms with Crippen molar-refractivity contribution in [3.63, 3.8) is 0 Å². The average molecular weight is 294 g/mol. The van der Waals surface area contributed by atoms with Gasteiger partial charge < -0.3 is 9.30 Å². The van der Waals surface area contributed by atoms with Crippen LogP contribution in [0.2, 0.25) is 0 Å². The molecule has 3 rings (SSSR count). The van der Waals surface area contributed by atoms with Crippen molar-refractivity contribution in [1.29, 1.82) is 0 Å². The van der Waals surface area contributed by atoms with Crippen LogP contribution in [0.15, 0.2) is 48.8 Å². The Labute approximate surface area is 131 Å². The summed E-state index contributed by atoms with van der Waals surface area (Å²) in [4.78, 5) is 4.64. The first-order valence-electron chi connectivity index (χ1n) is 7.86. The van der Waals surface area contributed by atoms with Crippen LogP contribution in [0.3, 0.4) is 0 Å². The molecule has 0 unspecified atom stereocenters. The first-order valence-corrected chi connectivity index (χ1v) is 7.86. The van der Waals surface area contributed by atoms with Gasteiger partial charge in [0, 0.05) is 38.0 Å². The minimum atomic E-state index is 0.777. The van der Waals surface area contributed by atoms with Crippen LogP contribution in [-0.2, 0) is 17.7 Å². The Morgan fingerprint density at radius 2 is 1.95 bits per heavy atom. The van der Waals surface area contributed by atoms with Gasteiger partial charge in [-0.2, -0.15) is 0 Å². The molecule has 1 aromatic carbocycles. The number of aryl methyl sites for hydroxylation is 2. The Balaban J connectivity index is 2.11. The van der Waals surface area contributed by atoms with Gasteiger partial charge in [-0.05, 0) is 35.6 Å². The largest absolute Gasteiger partial charge is 0.385 e. The van der Waals surface area contributed by atoms with Crippen LogP contribution in [0.25, 0.3) is 22.2 Å². The third kappa shape index (κ3) is 2.77. The maximum Gasteiger partial charge on any atom is 0.140 e. The van der Waals surface area contributed by atoms with E-state index in [0.717, 1.165) is 31.6 Å². The highest BCUT2D eigenvalue weighted by atomic mass is 16.5. The third-order valence-electron chi connectivity index (χ3n) is 4.05. The number of hydrogen-bond acceptors (Lipinski definition) is 2. The first-order chi connectivity index (χ1) is 10.8. The fraction of sp³-hybridized carbons (Fsp3) is 0.316. The van der Waals surface area contributed by atoms with E-state index in [4.69, 9.17) is 4.74 Å². The van der Waals surface area contributed by atoms with Gasteiger partial charge in [0.25, 0.3) is 0 Å². The standard InChI is InChI=1S/C19H22N2O/c1-3-15-14-21(12-7-13-22-2)19-18(15)17(10-11-20-19)16-8-5-4-6-9-16/h4-6,8-11,14H,3,7,12-13H2,1-2H3. The molecule has 0 radical (unpaired) electrons. The lowest BCUT2D eigenvalue weighted by Gasteiger charge is -2.07. The van der Waals surface area contributed by atoms with E-state index < -0.39 is 0 Å². The zero-order valence-corrected chi connectivity index (χ0v) is 13.2. The SMILES string of the molecule is CCc1cn(CCCOC)c2nccc(-c3ccccc3)c12. The van der Waals surface area contributed by atoms with Crippen molar-refractivity contribution in [2.75, 3.05) is 13.7 Å². The van der Waals surface area contributed by atoms with Crippen molar-refractivity contribution >= 4 is 11.0 Å². The number of benzene rings is 1. The smallest absolute Gasteiger partial charge is 0.140 e. The summed E-state index contributed by atoms with van der Waals surface area (Å²) in [5.74, 6) is 0. The van der Waals surface area contributed by atoms with Crippen LogP contribution in [0, 0.1) is 0 Å². The molecular weight excluding hydrogens is 272 g/mol. The Kier molecular flexibility index (Phi) is 4.54. The zero-order chi connectivity index (χ0) is 15.4. The monoisotopic (exact) mass is 294 g/mol. The lowest BCUT2D eigenvalue weighted by atomic mass is 10.0. The molecular formula is C19H22N2O. The quantitative estimate of drug-likeness (QED) is 0.634. The fourth-order valence-electron chi connectivity index (χ4n) is 2.97. The summed E-state index contributed by atoms with van der Waals surface area (Å²) in [6, 6.07) is 12.7. The van der Waals surface area contributed by atoms with Gasteiger partial charge in [0.1, 0.15) is 5.65 Å². The maximum atomic E-state index is 5.17. The lowest BCUT2D eigenvalue weighted by molar-refractivity contribution is 0.190. The summed E-state index contributed by atoms with van der Waals surface area (Å²) in [6.07, 6.45) is 6.18. The third-order valence-corrected chi connectivity index (χ3v) is 4.05. The molecule has 114 valence electrons. The zero-order valence-electron chi connectivity index (χ0n) is 13.2. The Morgan fingerprint density at radius 3 is 2.68 bits per heavy atom. The summed E-state index contributed by atoms with van der Waals surface area (Å²) in [5, 5.41) is 1.29. The predicted molar refractivity (Wildman–Crippen MR) is 91.0 cm³/mol. The van der Waals surface area contributed by atoms with E-state index in [0.29, 0.717) is 0 Å². The molecule has 2 aromatic heterocycles. The topological polar surface area (TPSA) is 27.1 Å². The van der Waals surface area contributed by atoms with Crippen molar-refractivity contribution in [2.24, 2.45) is 0 Å². The molecule has 0 aliphatic heterocycles. The first kappa shape index (κ1) is 14.8. The van der Waals surface area contributed by atoms with E-state index in [9.17, 15) is 0 Å². The second-order valence-electron chi connectivity index (χ2n) is 5.47. The summed E-state index contributed by atoms with van der Waals surface area (Å²) < 4.78 is 7.43. The van der Waals surface area contributed by atoms with Crippen LogP contribution >= 0.6 is 0 Å². The molecule has 0 atom stereocenters. The molecule has 0 amide bonds. The normalized spacial score (nSPS) is 11.2. The van der Waals surface area contributed by atoms with Crippen LogP contribution in [0.4, 0.5) is 0 Å². The van der Waals surface area contributed by atoms with Gasteiger partial charge in [0.15, 0.2) is 0 Å². The molecule has 0 spiro atoms. The molecule has 0 saturated carbocycles. The van der Waals surface area contributed by atoms with Gasteiger partial charge >= 0.3 is 0 Å². The Morgan fingerprint density at radius 1 is 1.14 bits per heavy atom. The molecule has 22 heavy (non-hydrogen) atoms. The Bertz CT molecular complexity index is 747. The number of fused-ring (bicyclic) bond motifs is 1. The van der Waals surface area contributed by atoms with E-state index in [1.807, 2.05) is 6.20 Å². The van der Waals surface area contributed by atoms with Crippen LogP contribution in [0.1, 0.15) is 18.9 Å². The molecule has 3 heteroatoms. The average Bonchev–Trinajstić information content (AvgIpc) is 2.94. The minimum Gasteiger partial charge on any atom is -0.385 e. The van der Waals surface area contributed by atoms with Gasteiger partial charge in [0.2, 0.25) is 0 Å². The van der Waals surface area contributed by atoms with Crippen molar-refractivity contribution < 1.29 is 4.74 Å². The highest BCUT2D eigenvalue weighted by molar-refractivity contribution is 5.96. The number of hydrogen-bond donors (Lipinski definition) is 0. The summed E-state index contributed by atoms with van der Waals surface area (Å²) in [6.45, 7) is 3.92. The highest BCUT2D eigenvalue weighted by Gasteiger charge is 2.13. The highest BCUT2D eigenvalue weighted by Crippen LogP contribution is 2.31. The van der Waals surface area contributed by atoms with E-state index >= 15 is 0 Å². The fourth-order valence-corrected chi connectivity index (χ4v) is 2.97. The van der Waals surface area contributed by atoms with E-state index in [1.54, 1.807) is 7.11 Å². The van der Waals surface area contributed by atoms with Gasteiger partial charge in [-0.25, -0.2) is 4.98 Å². The minimum absolute atomic E-state index is 0.777. The van der Waals surface area contributed by atoms with E-state index in [1.165, 1.54) is 22.1 Å². The van der Waals surface area contributed by atoms with Gasteiger partial charge in [-0.15, -0.1) is 0 Å². The molecule has 0 saturated heterocycles. The number of pyridine rings is 1. The van der Waals surface area contributed by atoms with E-state index in [2.05, 4.69) is 59.1 Å². The molecule has 0 N–H and O–H groups in total. The number of rotatable bonds is 6. The second-order valence-corrected chi connectivity index (χ2v) is 5.47. The maximum absolute atomic E-state index is 5.17. The molecule has 2 heterocycles. The molecule has 3 nitrogen and oxygen atoms in total. The van der Waals surface area contributed by atoms with E-state index in [-0.39, 0.29) is 0 Å². The molecule has 3 aromatic rings. The van der Waals surface area contributed by atoms with Gasteiger partial charge in [-0.1, -0.05) is 37.3 Å². The van der Waals surface area contributed by atoms with Crippen LogP contribution < -0.4 is 0 Å². The number of aromatic nitrogens is 2. The summed E-state index contributed by atoms with van der Waals surface area (Å²) in [5.41, 5.74) is 4.96. The van der Waals surface area contributed by atoms with Crippen LogP contribution in [-0.4, -0.2) is 23.3 Å². The van der Waals surface area contributed by atoms with Gasteiger partial charge in [0.05, 0.1) is 0 Å². The molecule has 0 fully saturated rings. The Hall–Kier alpha value is -2.13.